The summed E-state index contributed by atoms with van der Waals surface area (Å²) in [6, 6.07) is 6.88. The normalized spacial score (nSPS) is 10.1. The van der Waals surface area contributed by atoms with Gasteiger partial charge >= 0.3 is 0 Å². The van der Waals surface area contributed by atoms with Crippen LogP contribution in [0.3, 0.4) is 0 Å². The number of nitrogen functional groups attached to an aromatic ring is 1. The minimum Gasteiger partial charge on any atom is -0.493 e. The van der Waals surface area contributed by atoms with Crippen molar-refractivity contribution < 1.29 is 9.53 Å². The van der Waals surface area contributed by atoms with Crippen LogP contribution < -0.4 is 21.7 Å². The Morgan fingerprint density at radius 1 is 1.28 bits per heavy atom. The largest absolute Gasteiger partial charge is 0.493 e. The van der Waals surface area contributed by atoms with E-state index >= 15 is 0 Å². The highest BCUT2D eigenvalue weighted by Crippen LogP contribution is 2.12. The molecule has 0 radical (unpaired) electrons. The van der Waals surface area contributed by atoms with Gasteiger partial charge in [-0.1, -0.05) is 0 Å². The molecule has 5 nitrogen and oxygen atoms in total. The Morgan fingerprint density at radius 2 is 2.00 bits per heavy atom. The lowest BCUT2D eigenvalue weighted by Crippen LogP contribution is -2.29. The minimum atomic E-state index is -0.307. The van der Waals surface area contributed by atoms with Gasteiger partial charge in [-0.3, -0.25) is 10.2 Å². The molecule has 0 aliphatic heterocycles. The van der Waals surface area contributed by atoms with Crippen molar-refractivity contribution in [2.75, 3.05) is 24.7 Å². The van der Waals surface area contributed by atoms with E-state index in [4.69, 9.17) is 16.3 Å². The lowest BCUT2D eigenvalue weighted by molar-refractivity contribution is 0.0953. The molecule has 0 atom stereocenters. The Bertz CT molecular complexity index is 357. The Balaban J connectivity index is 2.25. The highest BCUT2D eigenvalue weighted by Gasteiger charge is 2.02. The van der Waals surface area contributed by atoms with Crippen molar-refractivity contribution >= 4 is 17.7 Å². The first kappa shape index (κ1) is 14.8. The van der Waals surface area contributed by atoms with Crippen molar-refractivity contribution in [1.29, 1.82) is 0 Å². The fourth-order valence-corrected chi connectivity index (χ4v) is 2.07. The lowest BCUT2D eigenvalue weighted by atomic mass is 10.2. The Kier molecular flexibility index (Phi) is 7.24. The molecule has 0 aliphatic rings. The van der Waals surface area contributed by atoms with Crippen molar-refractivity contribution in [3.63, 3.8) is 0 Å². The van der Waals surface area contributed by atoms with Crippen molar-refractivity contribution in [3.8, 4) is 5.75 Å². The smallest absolute Gasteiger partial charge is 0.265 e. The summed E-state index contributed by atoms with van der Waals surface area (Å²) in [6.07, 6.45) is 1.04. The summed E-state index contributed by atoms with van der Waals surface area (Å²) < 4.78 is 5.54. The summed E-state index contributed by atoms with van der Waals surface area (Å²) in [7, 11) is 0. The van der Waals surface area contributed by atoms with E-state index in [2.05, 4.69) is 5.43 Å². The van der Waals surface area contributed by atoms with Crippen molar-refractivity contribution in [3.05, 3.63) is 29.8 Å². The van der Waals surface area contributed by atoms with Crippen LogP contribution in [0.5, 0.6) is 5.75 Å². The molecule has 0 spiro atoms. The highest BCUT2D eigenvalue weighted by molar-refractivity contribution is 7.99. The Labute approximate surface area is 111 Å². The number of thioether (sulfide) groups is 1. The number of benzene rings is 1. The summed E-state index contributed by atoms with van der Waals surface area (Å²) >= 11 is 1.82. The third kappa shape index (κ3) is 5.39. The van der Waals surface area contributed by atoms with Crippen LogP contribution in [-0.4, -0.2) is 30.6 Å². The molecule has 1 aromatic rings. The highest BCUT2D eigenvalue weighted by atomic mass is 32.2. The maximum Gasteiger partial charge on any atom is 0.265 e. The molecule has 18 heavy (non-hydrogen) atoms. The van der Waals surface area contributed by atoms with Gasteiger partial charge in [0.25, 0.3) is 5.91 Å². The number of amides is 1. The zero-order valence-corrected chi connectivity index (χ0v) is 11.0. The summed E-state index contributed by atoms with van der Waals surface area (Å²) in [5.74, 6) is 7.48. The number of rotatable bonds is 8. The second-order valence-corrected chi connectivity index (χ2v) is 4.83. The second-order valence-electron chi connectivity index (χ2n) is 3.60. The van der Waals surface area contributed by atoms with Crippen LogP contribution in [0.15, 0.2) is 24.3 Å². The molecule has 0 unspecified atom stereocenters. The minimum absolute atomic E-state index is 0.307. The zero-order valence-electron chi connectivity index (χ0n) is 10.2. The predicted molar refractivity (Wildman–Crippen MR) is 74.6 cm³/mol. The van der Waals surface area contributed by atoms with E-state index in [1.165, 1.54) is 0 Å². The van der Waals surface area contributed by atoms with E-state index in [0.29, 0.717) is 12.2 Å². The van der Waals surface area contributed by atoms with E-state index in [1.807, 2.05) is 11.8 Å². The topological polar surface area (TPSA) is 90.4 Å². The molecule has 100 valence electrons. The van der Waals surface area contributed by atoms with Gasteiger partial charge in [0.05, 0.1) is 6.61 Å². The molecular formula is C12H19N3O2S. The Morgan fingerprint density at radius 3 is 2.61 bits per heavy atom. The number of hydrogen-bond donors (Lipinski definition) is 3. The maximum atomic E-state index is 11.2. The van der Waals surface area contributed by atoms with Crippen LogP contribution in [0.2, 0.25) is 0 Å². The lowest BCUT2D eigenvalue weighted by Gasteiger charge is -2.06. The van der Waals surface area contributed by atoms with Crippen LogP contribution in [0, 0.1) is 0 Å². The molecule has 1 amide bonds. The standard InChI is InChI=1S/C12H19N3O2S/c13-6-1-8-18-9-7-17-11-4-2-10(3-5-11)12(16)15-14/h2-5H,1,6-9,13-14H2,(H,15,16). The Hall–Kier alpha value is -1.24. The molecule has 1 aromatic carbocycles. The number of ether oxygens (including phenoxy) is 1. The number of hydrazine groups is 1. The first-order chi connectivity index (χ1) is 8.77. The third-order valence-electron chi connectivity index (χ3n) is 2.24. The van der Waals surface area contributed by atoms with E-state index in [9.17, 15) is 4.79 Å². The van der Waals surface area contributed by atoms with Crippen LogP contribution in [-0.2, 0) is 0 Å². The molecule has 5 N–H and O–H groups in total. The molecule has 1 rings (SSSR count). The molecule has 0 saturated carbocycles. The summed E-state index contributed by atoms with van der Waals surface area (Å²) in [5, 5.41) is 0. The second kappa shape index (κ2) is 8.79. The summed E-state index contributed by atoms with van der Waals surface area (Å²) in [6.45, 7) is 1.39. The van der Waals surface area contributed by atoms with Gasteiger partial charge < -0.3 is 10.5 Å². The molecule has 0 aliphatic carbocycles. The molecule has 0 saturated heterocycles. The molecule has 0 aromatic heterocycles. The zero-order chi connectivity index (χ0) is 13.2. The van der Waals surface area contributed by atoms with Crippen molar-refractivity contribution in [2.45, 2.75) is 6.42 Å². The van der Waals surface area contributed by atoms with E-state index in [1.54, 1.807) is 24.3 Å². The van der Waals surface area contributed by atoms with Gasteiger partial charge in [0, 0.05) is 11.3 Å². The van der Waals surface area contributed by atoms with Crippen LogP contribution in [0.25, 0.3) is 0 Å². The third-order valence-corrected chi connectivity index (χ3v) is 3.27. The van der Waals surface area contributed by atoms with Gasteiger partial charge in [0.2, 0.25) is 0 Å². The molecule has 0 fully saturated rings. The number of nitrogens with two attached hydrogens (primary N) is 2. The van der Waals surface area contributed by atoms with Crippen LogP contribution >= 0.6 is 11.8 Å². The summed E-state index contributed by atoms with van der Waals surface area (Å²) in [5.41, 5.74) is 7.99. The quantitative estimate of drug-likeness (QED) is 0.280. The van der Waals surface area contributed by atoms with Gasteiger partial charge in [-0.05, 0) is 43.0 Å². The SMILES string of the molecule is NCCCSCCOc1ccc(C(=O)NN)cc1. The fourth-order valence-electron chi connectivity index (χ4n) is 1.29. The fraction of sp³-hybridized carbons (Fsp3) is 0.417. The van der Waals surface area contributed by atoms with Crippen LogP contribution in [0.1, 0.15) is 16.8 Å². The van der Waals surface area contributed by atoms with Gasteiger partial charge in [-0.15, -0.1) is 0 Å². The maximum absolute atomic E-state index is 11.2. The number of hydrogen-bond acceptors (Lipinski definition) is 5. The summed E-state index contributed by atoms with van der Waals surface area (Å²) in [4.78, 5) is 11.2. The van der Waals surface area contributed by atoms with Gasteiger partial charge in [-0.25, -0.2) is 5.84 Å². The monoisotopic (exact) mass is 269 g/mol. The first-order valence-electron chi connectivity index (χ1n) is 5.79. The number of nitrogens with one attached hydrogen (secondary N) is 1. The molecular weight excluding hydrogens is 250 g/mol. The predicted octanol–water partition coefficient (Wildman–Crippen LogP) is 0.751. The average Bonchev–Trinajstić information content (AvgIpc) is 2.42. The average molecular weight is 269 g/mol. The van der Waals surface area contributed by atoms with Crippen molar-refractivity contribution in [2.24, 2.45) is 11.6 Å². The molecule has 6 heteroatoms. The van der Waals surface area contributed by atoms with Crippen molar-refractivity contribution in [1.82, 2.24) is 5.43 Å². The van der Waals surface area contributed by atoms with Gasteiger partial charge in [0.1, 0.15) is 5.75 Å². The van der Waals surface area contributed by atoms with Crippen LogP contribution in [0.4, 0.5) is 0 Å². The number of carbonyl (C=O) groups excluding carboxylic acids is 1. The van der Waals surface area contributed by atoms with Gasteiger partial charge in [0.15, 0.2) is 0 Å². The van der Waals surface area contributed by atoms with E-state index in [-0.39, 0.29) is 5.91 Å². The first-order valence-corrected chi connectivity index (χ1v) is 6.95. The molecule has 0 bridgehead atoms. The van der Waals surface area contributed by atoms with Gasteiger partial charge in [-0.2, -0.15) is 11.8 Å². The van der Waals surface area contributed by atoms with E-state index in [0.717, 1.165) is 30.2 Å². The van der Waals surface area contributed by atoms with E-state index < -0.39 is 0 Å². The molecule has 0 heterocycles. The number of carbonyl (C=O) groups is 1.